The molecule has 28 heavy (non-hydrogen) atoms. The van der Waals surface area contributed by atoms with Gasteiger partial charge in [-0.25, -0.2) is 0 Å². The van der Waals surface area contributed by atoms with Crippen LogP contribution in [0.1, 0.15) is 18.1 Å². The van der Waals surface area contributed by atoms with Crippen molar-refractivity contribution in [2.75, 3.05) is 34.5 Å². The van der Waals surface area contributed by atoms with Crippen molar-refractivity contribution >= 4 is 5.91 Å². The average molecular weight is 384 g/mol. The minimum absolute atomic E-state index is 0.136. The number of ether oxygens (including phenoxy) is 4. The Labute approximate surface area is 165 Å². The van der Waals surface area contributed by atoms with E-state index in [1.54, 1.807) is 37.3 Å². The monoisotopic (exact) mass is 384 g/mol. The molecule has 1 amide bonds. The van der Waals surface area contributed by atoms with Crippen molar-refractivity contribution in [1.82, 2.24) is 4.90 Å². The molecule has 7 heteroatoms. The fourth-order valence-electron chi connectivity index (χ4n) is 2.66. The van der Waals surface area contributed by atoms with Gasteiger partial charge in [0.15, 0.2) is 29.6 Å². The lowest BCUT2D eigenvalue weighted by Gasteiger charge is -2.22. The smallest absolute Gasteiger partial charge is 0.260 e. The number of methoxy groups -OCH3 is 3. The summed E-state index contributed by atoms with van der Waals surface area (Å²) in [6.45, 7) is 2.72. The number of carbonyl (C=O) groups is 1. The number of carbonyl (C=O) groups excluding carboxylic acids is 1. The van der Waals surface area contributed by atoms with Gasteiger partial charge in [-0.05, 0) is 36.8 Å². The third-order valence-corrected chi connectivity index (χ3v) is 4.20. The van der Waals surface area contributed by atoms with Crippen LogP contribution in [0.15, 0.2) is 36.4 Å². The third kappa shape index (κ3) is 5.07. The lowest BCUT2D eigenvalue weighted by atomic mass is 10.2. The van der Waals surface area contributed by atoms with Crippen molar-refractivity contribution in [3.05, 3.63) is 47.5 Å². The molecule has 2 aromatic rings. The van der Waals surface area contributed by atoms with Crippen LogP contribution in [-0.4, -0.2) is 45.3 Å². The second-order valence-corrected chi connectivity index (χ2v) is 5.86. The lowest BCUT2D eigenvalue weighted by molar-refractivity contribution is -0.133. The number of hydrogen-bond donors (Lipinski definition) is 0. The molecule has 2 rings (SSSR count). The van der Waals surface area contributed by atoms with Gasteiger partial charge in [0.2, 0.25) is 0 Å². The molecule has 0 radical (unpaired) electrons. The summed E-state index contributed by atoms with van der Waals surface area (Å²) in [6, 6.07) is 12.4. The first-order chi connectivity index (χ1) is 13.6. The van der Waals surface area contributed by atoms with Crippen LogP contribution in [-0.2, 0) is 11.3 Å². The van der Waals surface area contributed by atoms with Crippen LogP contribution < -0.4 is 18.9 Å². The highest BCUT2D eigenvalue weighted by atomic mass is 16.5. The Morgan fingerprint density at radius 3 is 2.21 bits per heavy atom. The average Bonchev–Trinajstić information content (AvgIpc) is 2.75. The zero-order chi connectivity index (χ0) is 20.5. The van der Waals surface area contributed by atoms with Crippen molar-refractivity contribution in [2.24, 2.45) is 0 Å². The van der Waals surface area contributed by atoms with Crippen LogP contribution in [0.5, 0.6) is 23.0 Å². The molecule has 0 aliphatic heterocycles. The summed E-state index contributed by atoms with van der Waals surface area (Å²) >= 11 is 0. The summed E-state index contributed by atoms with van der Waals surface area (Å²) in [5.74, 6) is 1.91. The van der Waals surface area contributed by atoms with Crippen LogP contribution in [0, 0.1) is 11.3 Å². The molecule has 0 aromatic heterocycles. The minimum Gasteiger partial charge on any atom is -0.493 e. The quantitative estimate of drug-likeness (QED) is 0.661. The van der Waals surface area contributed by atoms with Crippen LogP contribution in [0.3, 0.4) is 0 Å². The van der Waals surface area contributed by atoms with Gasteiger partial charge in [0.1, 0.15) is 0 Å². The Balaban J connectivity index is 2.05. The number of benzene rings is 2. The molecule has 0 saturated heterocycles. The molecule has 148 valence electrons. The summed E-state index contributed by atoms with van der Waals surface area (Å²) in [5.41, 5.74) is 1.38. The third-order valence-electron chi connectivity index (χ3n) is 4.20. The zero-order valence-electron chi connectivity index (χ0n) is 16.5. The summed E-state index contributed by atoms with van der Waals surface area (Å²) in [5, 5.41) is 8.96. The summed E-state index contributed by atoms with van der Waals surface area (Å²) in [4.78, 5) is 14.3. The van der Waals surface area contributed by atoms with Crippen molar-refractivity contribution in [1.29, 1.82) is 5.26 Å². The molecule has 0 aliphatic rings. The van der Waals surface area contributed by atoms with E-state index in [1.165, 1.54) is 7.11 Å². The van der Waals surface area contributed by atoms with Gasteiger partial charge in [0.25, 0.3) is 5.91 Å². The van der Waals surface area contributed by atoms with E-state index in [0.29, 0.717) is 41.7 Å². The van der Waals surface area contributed by atoms with Gasteiger partial charge < -0.3 is 23.8 Å². The molecule has 0 saturated carbocycles. The van der Waals surface area contributed by atoms with Gasteiger partial charge in [0.05, 0.1) is 33.0 Å². The molecule has 0 heterocycles. The molecule has 7 nitrogen and oxygen atoms in total. The first-order valence-electron chi connectivity index (χ1n) is 8.75. The molecular formula is C21H24N2O5. The highest BCUT2D eigenvalue weighted by Crippen LogP contribution is 2.29. The highest BCUT2D eigenvalue weighted by molar-refractivity contribution is 5.78. The maximum Gasteiger partial charge on any atom is 0.260 e. The molecular weight excluding hydrogens is 360 g/mol. The first-order valence-corrected chi connectivity index (χ1v) is 8.75. The van der Waals surface area contributed by atoms with E-state index in [4.69, 9.17) is 24.2 Å². The minimum atomic E-state index is -0.163. The van der Waals surface area contributed by atoms with E-state index in [1.807, 2.05) is 31.2 Å². The standard InChI is InChI=1S/C21H24N2O5/c1-5-23(13-16-7-8-17(25-2)19(11-16)26-3)21(24)14-28-18-9-6-15(12-22)10-20(18)27-4/h6-11H,5,13-14H2,1-4H3. The summed E-state index contributed by atoms with van der Waals surface area (Å²) < 4.78 is 21.4. The fraction of sp³-hybridized carbons (Fsp3) is 0.333. The second kappa shape index (κ2) is 10.1. The Morgan fingerprint density at radius 2 is 1.61 bits per heavy atom. The number of nitrogens with zero attached hydrogens (tertiary/aromatic N) is 2. The number of rotatable bonds is 9. The topological polar surface area (TPSA) is 81.0 Å². The van der Waals surface area contributed by atoms with Crippen LogP contribution in [0.2, 0.25) is 0 Å². The van der Waals surface area contributed by atoms with Crippen molar-refractivity contribution in [3.63, 3.8) is 0 Å². The second-order valence-electron chi connectivity index (χ2n) is 5.86. The van der Waals surface area contributed by atoms with E-state index in [9.17, 15) is 4.79 Å². The van der Waals surface area contributed by atoms with Gasteiger partial charge >= 0.3 is 0 Å². The Bertz CT molecular complexity index is 860. The van der Waals surface area contributed by atoms with Crippen molar-refractivity contribution in [3.8, 4) is 29.1 Å². The van der Waals surface area contributed by atoms with Gasteiger partial charge in [-0.15, -0.1) is 0 Å². The van der Waals surface area contributed by atoms with E-state index >= 15 is 0 Å². The number of hydrogen-bond acceptors (Lipinski definition) is 6. The number of likely N-dealkylation sites (N-methyl/N-ethyl adjacent to an activating group) is 1. The van der Waals surface area contributed by atoms with E-state index in [2.05, 4.69) is 0 Å². The Kier molecular flexibility index (Phi) is 7.52. The van der Waals surface area contributed by atoms with Crippen LogP contribution >= 0.6 is 0 Å². The van der Waals surface area contributed by atoms with E-state index in [-0.39, 0.29) is 12.5 Å². The van der Waals surface area contributed by atoms with Crippen molar-refractivity contribution < 1.29 is 23.7 Å². The van der Waals surface area contributed by atoms with Gasteiger partial charge in [-0.1, -0.05) is 6.07 Å². The van der Waals surface area contributed by atoms with Gasteiger partial charge in [-0.2, -0.15) is 5.26 Å². The maximum atomic E-state index is 12.6. The molecule has 0 N–H and O–H groups in total. The molecule has 2 aromatic carbocycles. The maximum absolute atomic E-state index is 12.6. The van der Waals surface area contributed by atoms with Gasteiger partial charge in [-0.3, -0.25) is 4.79 Å². The largest absolute Gasteiger partial charge is 0.493 e. The Morgan fingerprint density at radius 1 is 0.964 bits per heavy atom. The fourth-order valence-corrected chi connectivity index (χ4v) is 2.66. The first kappa shape index (κ1) is 20.9. The lowest BCUT2D eigenvalue weighted by Crippen LogP contribution is -2.34. The van der Waals surface area contributed by atoms with Crippen LogP contribution in [0.25, 0.3) is 0 Å². The van der Waals surface area contributed by atoms with E-state index < -0.39 is 0 Å². The molecule has 0 spiro atoms. The van der Waals surface area contributed by atoms with Crippen LogP contribution in [0.4, 0.5) is 0 Å². The molecule has 0 bridgehead atoms. The summed E-state index contributed by atoms with van der Waals surface area (Å²) in [6.07, 6.45) is 0. The predicted octanol–water partition coefficient (Wildman–Crippen LogP) is 3.01. The Hall–Kier alpha value is -3.40. The number of amides is 1. The zero-order valence-corrected chi connectivity index (χ0v) is 16.5. The molecule has 0 atom stereocenters. The molecule has 0 fully saturated rings. The van der Waals surface area contributed by atoms with E-state index in [0.717, 1.165) is 5.56 Å². The normalized spacial score (nSPS) is 9.96. The number of nitriles is 1. The predicted molar refractivity (Wildman–Crippen MR) is 104 cm³/mol. The molecule has 0 aliphatic carbocycles. The van der Waals surface area contributed by atoms with Gasteiger partial charge in [0, 0.05) is 19.2 Å². The highest BCUT2D eigenvalue weighted by Gasteiger charge is 2.16. The summed E-state index contributed by atoms with van der Waals surface area (Å²) in [7, 11) is 4.64. The van der Waals surface area contributed by atoms with Crippen molar-refractivity contribution in [2.45, 2.75) is 13.5 Å². The SMILES string of the molecule is CCN(Cc1ccc(OC)c(OC)c1)C(=O)COc1ccc(C#N)cc1OC. The molecule has 0 unspecified atom stereocenters.